The number of ether oxygens (including phenoxy) is 1. The minimum Gasteiger partial charge on any atom is -0.491 e. The van der Waals surface area contributed by atoms with Crippen LogP contribution in [0, 0.1) is 0 Å². The van der Waals surface area contributed by atoms with Crippen molar-refractivity contribution in [2.45, 2.75) is 83.9 Å². The molecule has 0 fully saturated rings. The van der Waals surface area contributed by atoms with Gasteiger partial charge in [-0.2, -0.15) is 0 Å². The van der Waals surface area contributed by atoms with Crippen molar-refractivity contribution in [3.8, 4) is 17.2 Å². The summed E-state index contributed by atoms with van der Waals surface area (Å²) in [5, 5.41) is 3.37. The van der Waals surface area contributed by atoms with Crippen LogP contribution >= 0.6 is 0 Å². The van der Waals surface area contributed by atoms with E-state index < -0.39 is 16.6 Å². The number of benzene rings is 2. The number of oxazole rings is 1. The summed E-state index contributed by atoms with van der Waals surface area (Å²) in [5.41, 5.74) is 3.48. The third-order valence-corrected chi connectivity index (χ3v) is 17.0. The maximum atomic E-state index is 6.77. The minimum absolute atomic E-state index is 0.101. The smallest absolute Gasteiger partial charge is 0.227 e. The van der Waals surface area contributed by atoms with Gasteiger partial charge in [0, 0.05) is 24.4 Å². The Hall–Kier alpha value is -2.14. The zero-order valence-electron chi connectivity index (χ0n) is 24.6. The predicted octanol–water partition coefficient (Wildman–Crippen LogP) is 8.33. The standard InChI is InChI=1S/C29H46N2O4Si2/c1-28(2,3)36(8,9)33-20-24(35-37(10,11)29(4,5)6)19-32-23-16-17-26-25(18-23)31-27(34-26)21-12-14-22(30-7)15-13-21/h12-18,24,30H,19-20H2,1-11H3/t24-/m1/s1. The third kappa shape index (κ3) is 7.25. The molecular formula is C29H46N2O4Si2. The molecular weight excluding hydrogens is 497 g/mol. The molecule has 0 amide bonds. The summed E-state index contributed by atoms with van der Waals surface area (Å²) < 4.78 is 25.6. The van der Waals surface area contributed by atoms with Gasteiger partial charge < -0.3 is 23.3 Å². The lowest BCUT2D eigenvalue weighted by Gasteiger charge is -2.41. The van der Waals surface area contributed by atoms with E-state index in [2.05, 4.69) is 73.0 Å². The molecule has 1 aromatic heterocycles. The molecule has 0 aliphatic heterocycles. The van der Waals surface area contributed by atoms with Crippen LogP contribution in [0.5, 0.6) is 5.75 Å². The number of nitrogens with zero attached hydrogens (tertiary/aromatic N) is 1. The molecule has 2 aromatic carbocycles. The first-order valence-corrected chi connectivity index (χ1v) is 19.0. The van der Waals surface area contributed by atoms with Gasteiger partial charge in [0.1, 0.15) is 24.0 Å². The molecule has 0 spiro atoms. The SMILES string of the molecule is CNc1ccc(-c2nc3cc(OC[C@H](CO[Si](C)(C)C(C)(C)C)O[Si](C)(C)C(C)(C)C)ccc3o2)cc1. The first-order valence-electron chi connectivity index (χ1n) is 13.2. The van der Waals surface area contributed by atoms with Gasteiger partial charge in [0.2, 0.25) is 5.89 Å². The van der Waals surface area contributed by atoms with Crippen LogP contribution in [-0.2, 0) is 8.85 Å². The van der Waals surface area contributed by atoms with Gasteiger partial charge in [-0.3, -0.25) is 0 Å². The monoisotopic (exact) mass is 542 g/mol. The zero-order chi connectivity index (χ0) is 27.6. The summed E-state index contributed by atoms with van der Waals surface area (Å²) in [7, 11) is -2.02. The number of anilines is 1. The second-order valence-corrected chi connectivity index (χ2v) is 22.4. The van der Waals surface area contributed by atoms with E-state index in [1.807, 2.05) is 49.5 Å². The highest BCUT2D eigenvalue weighted by atomic mass is 28.4. The maximum Gasteiger partial charge on any atom is 0.227 e. The molecule has 0 aliphatic carbocycles. The fourth-order valence-corrected chi connectivity index (χ4v) is 5.68. The molecule has 6 nitrogen and oxygen atoms in total. The number of aromatic nitrogens is 1. The summed E-state index contributed by atoms with van der Waals surface area (Å²) in [4.78, 5) is 4.70. The van der Waals surface area contributed by atoms with Crippen molar-refractivity contribution >= 4 is 33.4 Å². The van der Waals surface area contributed by atoms with E-state index in [-0.39, 0.29) is 16.2 Å². The van der Waals surface area contributed by atoms with Crippen LogP contribution in [0.2, 0.25) is 36.3 Å². The van der Waals surface area contributed by atoms with Gasteiger partial charge in [-0.05, 0) is 72.7 Å². The van der Waals surface area contributed by atoms with Crippen molar-refractivity contribution in [2.75, 3.05) is 25.6 Å². The predicted molar refractivity (Wildman–Crippen MR) is 160 cm³/mol. The number of hydrogen-bond acceptors (Lipinski definition) is 6. The van der Waals surface area contributed by atoms with E-state index in [4.69, 9.17) is 23.0 Å². The topological polar surface area (TPSA) is 65.8 Å². The first kappa shape index (κ1) is 29.4. The highest BCUT2D eigenvalue weighted by Gasteiger charge is 2.41. The largest absolute Gasteiger partial charge is 0.491 e. The highest BCUT2D eigenvalue weighted by Crippen LogP contribution is 2.39. The van der Waals surface area contributed by atoms with Crippen LogP contribution in [0.3, 0.4) is 0 Å². The van der Waals surface area contributed by atoms with E-state index in [0.29, 0.717) is 19.1 Å². The molecule has 1 heterocycles. The van der Waals surface area contributed by atoms with Gasteiger partial charge in [-0.15, -0.1) is 0 Å². The van der Waals surface area contributed by atoms with Crippen LogP contribution in [0.25, 0.3) is 22.6 Å². The first-order chi connectivity index (χ1) is 17.0. The fourth-order valence-electron chi connectivity index (χ4n) is 3.32. The fraction of sp³-hybridized carbons (Fsp3) is 0.552. The average molecular weight is 543 g/mol. The molecule has 3 rings (SSSR count). The van der Waals surface area contributed by atoms with Crippen LogP contribution < -0.4 is 10.1 Å². The number of hydrogen-bond donors (Lipinski definition) is 1. The van der Waals surface area contributed by atoms with Crippen molar-refractivity contribution in [3.63, 3.8) is 0 Å². The molecule has 0 saturated heterocycles. The molecule has 0 saturated carbocycles. The van der Waals surface area contributed by atoms with Crippen LogP contribution in [-0.4, -0.2) is 48.0 Å². The molecule has 0 bridgehead atoms. The normalized spacial score (nSPS) is 14.1. The van der Waals surface area contributed by atoms with Gasteiger partial charge in [0.05, 0.1) is 6.61 Å². The van der Waals surface area contributed by atoms with Crippen molar-refractivity contribution < 1.29 is 18.0 Å². The Labute approximate surface area is 225 Å². The molecule has 204 valence electrons. The Bertz CT molecular complexity index is 1180. The van der Waals surface area contributed by atoms with Gasteiger partial charge in [-0.1, -0.05) is 41.5 Å². The Morgan fingerprint density at radius 1 is 0.865 bits per heavy atom. The van der Waals surface area contributed by atoms with Gasteiger partial charge in [0.25, 0.3) is 0 Å². The lowest BCUT2D eigenvalue weighted by atomic mass is 10.2. The summed E-state index contributed by atoms with van der Waals surface area (Å²) in [6, 6.07) is 13.8. The molecule has 1 atom stereocenters. The molecule has 1 N–H and O–H groups in total. The van der Waals surface area contributed by atoms with Crippen LogP contribution in [0.1, 0.15) is 41.5 Å². The maximum absolute atomic E-state index is 6.77. The lowest BCUT2D eigenvalue weighted by Crippen LogP contribution is -2.49. The summed E-state index contributed by atoms with van der Waals surface area (Å²) >= 11 is 0. The van der Waals surface area contributed by atoms with Crippen LogP contribution in [0.4, 0.5) is 5.69 Å². The van der Waals surface area contributed by atoms with Gasteiger partial charge in [0.15, 0.2) is 22.2 Å². The Balaban J connectivity index is 1.76. The quantitative estimate of drug-likeness (QED) is 0.260. The lowest BCUT2D eigenvalue weighted by molar-refractivity contribution is 0.0653. The van der Waals surface area contributed by atoms with E-state index >= 15 is 0 Å². The average Bonchev–Trinajstić information content (AvgIpc) is 3.22. The zero-order valence-corrected chi connectivity index (χ0v) is 26.6. The minimum atomic E-state index is -2.01. The molecule has 0 aliphatic rings. The Kier molecular flexibility index (Phi) is 8.69. The molecule has 37 heavy (non-hydrogen) atoms. The molecule has 0 unspecified atom stereocenters. The van der Waals surface area contributed by atoms with E-state index in [1.165, 1.54) is 0 Å². The number of fused-ring (bicyclic) bond motifs is 1. The van der Waals surface area contributed by atoms with E-state index in [1.54, 1.807) is 0 Å². The van der Waals surface area contributed by atoms with Crippen molar-refractivity contribution in [1.82, 2.24) is 4.98 Å². The molecule has 3 aromatic rings. The Morgan fingerprint density at radius 2 is 1.49 bits per heavy atom. The third-order valence-electron chi connectivity index (χ3n) is 7.92. The van der Waals surface area contributed by atoms with E-state index in [9.17, 15) is 0 Å². The van der Waals surface area contributed by atoms with Crippen molar-refractivity contribution in [2.24, 2.45) is 0 Å². The van der Waals surface area contributed by atoms with Gasteiger partial charge in [-0.25, -0.2) is 4.98 Å². The summed E-state index contributed by atoms with van der Waals surface area (Å²) in [6.07, 6.45) is -0.149. The molecule has 8 heteroatoms. The van der Waals surface area contributed by atoms with Crippen molar-refractivity contribution in [1.29, 1.82) is 0 Å². The second-order valence-electron chi connectivity index (χ2n) is 12.9. The number of nitrogens with one attached hydrogen (secondary N) is 1. The van der Waals surface area contributed by atoms with Gasteiger partial charge >= 0.3 is 0 Å². The van der Waals surface area contributed by atoms with Crippen LogP contribution in [0.15, 0.2) is 46.9 Å². The highest BCUT2D eigenvalue weighted by molar-refractivity contribution is 6.74. The summed E-state index contributed by atoms with van der Waals surface area (Å²) in [6.45, 7) is 23.6. The Morgan fingerprint density at radius 3 is 2.05 bits per heavy atom. The molecule has 0 radical (unpaired) electrons. The van der Waals surface area contributed by atoms with Crippen molar-refractivity contribution in [3.05, 3.63) is 42.5 Å². The summed E-state index contributed by atoms with van der Waals surface area (Å²) in [5.74, 6) is 1.34. The van der Waals surface area contributed by atoms with E-state index in [0.717, 1.165) is 28.1 Å². The number of rotatable bonds is 10. The second kappa shape index (κ2) is 10.9.